The normalized spacial score (nSPS) is 26.4. The molecule has 0 bridgehead atoms. The quantitative estimate of drug-likeness (QED) is 0.898. The topological polar surface area (TPSA) is 84.7 Å². The largest absolute Gasteiger partial charge is 0.481 e. The third-order valence-electron chi connectivity index (χ3n) is 5.43. The van der Waals surface area contributed by atoms with Crippen molar-refractivity contribution >= 4 is 11.9 Å². The molecule has 0 radical (unpaired) electrons. The maximum absolute atomic E-state index is 12.4. The van der Waals surface area contributed by atoms with Crippen molar-refractivity contribution < 1.29 is 19.4 Å². The Hall–Kier alpha value is -2.05. The zero-order valence-electron chi connectivity index (χ0n) is 13.8. The van der Waals surface area contributed by atoms with Gasteiger partial charge in [-0.05, 0) is 32.6 Å². The van der Waals surface area contributed by atoms with E-state index in [4.69, 9.17) is 4.74 Å². The molecule has 1 aromatic heterocycles. The number of likely N-dealkylation sites (tertiary alicyclic amines) is 1. The Kier molecular flexibility index (Phi) is 3.82. The maximum Gasteiger partial charge on any atom is 0.311 e. The number of carbonyl (C=O) groups excluding carboxylic acids is 1. The van der Waals surface area contributed by atoms with Gasteiger partial charge in [-0.15, -0.1) is 0 Å². The van der Waals surface area contributed by atoms with Gasteiger partial charge in [0, 0.05) is 20.1 Å². The van der Waals surface area contributed by atoms with Crippen LogP contribution in [0.5, 0.6) is 5.75 Å². The molecular formula is C16H23N3O4. The van der Waals surface area contributed by atoms with Gasteiger partial charge < -0.3 is 14.7 Å². The molecule has 3 rings (SSSR count). The second kappa shape index (κ2) is 5.54. The first-order valence-corrected chi connectivity index (χ1v) is 7.99. The number of amides is 1. The number of carboxylic acid groups (broad SMARTS) is 1. The number of rotatable bonds is 4. The third kappa shape index (κ3) is 2.48. The Morgan fingerprint density at radius 3 is 2.74 bits per heavy atom. The van der Waals surface area contributed by atoms with Crippen molar-refractivity contribution in [1.82, 2.24) is 14.7 Å². The molecule has 7 heteroatoms. The van der Waals surface area contributed by atoms with Crippen molar-refractivity contribution in [2.45, 2.75) is 33.1 Å². The monoisotopic (exact) mass is 321 g/mol. The van der Waals surface area contributed by atoms with Crippen LogP contribution < -0.4 is 4.74 Å². The van der Waals surface area contributed by atoms with E-state index >= 15 is 0 Å². The second-order valence-electron chi connectivity index (χ2n) is 6.74. The Morgan fingerprint density at radius 1 is 1.43 bits per heavy atom. The van der Waals surface area contributed by atoms with Crippen molar-refractivity contribution in [3.63, 3.8) is 0 Å². The van der Waals surface area contributed by atoms with Gasteiger partial charge in [0.15, 0.2) is 12.4 Å². The number of aliphatic carboxylic acids is 1. The van der Waals surface area contributed by atoms with Crippen LogP contribution in [0.15, 0.2) is 0 Å². The summed E-state index contributed by atoms with van der Waals surface area (Å²) in [5, 5.41) is 13.8. The third-order valence-corrected chi connectivity index (χ3v) is 5.43. The van der Waals surface area contributed by atoms with Crippen LogP contribution in [0.25, 0.3) is 0 Å². The first-order valence-electron chi connectivity index (χ1n) is 7.99. The number of carboxylic acids is 1. The first-order chi connectivity index (χ1) is 10.8. The van der Waals surface area contributed by atoms with Gasteiger partial charge in [-0.3, -0.25) is 14.3 Å². The number of aromatic nitrogens is 2. The molecule has 0 spiro atoms. The van der Waals surface area contributed by atoms with E-state index in [1.165, 1.54) is 0 Å². The van der Waals surface area contributed by atoms with Gasteiger partial charge in [0.1, 0.15) is 5.69 Å². The number of carbonyl (C=O) groups is 2. The SMILES string of the molecule is Cc1nn(C)c(C)c1OCC(=O)N1C[C@@H]2CCC[C@@]2(C(=O)O)C1. The fourth-order valence-electron chi connectivity index (χ4n) is 4.02. The Balaban J connectivity index is 1.65. The van der Waals surface area contributed by atoms with Crippen LogP contribution in [-0.2, 0) is 16.6 Å². The molecule has 0 aromatic carbocycles. The molecule has 1 N–H and O–H groups in total. The highest BCUT2D eigenvalue weighted by atomic mass is 16.5. The molecule has 1 aliphatic carbocycles. The lowest BCUT2D eigenvalue weighted by molar-refractivity contribution is -0.149. The average molecular weight is 321 g/mol. The molecule has 7 nitrogen and oxygen atoms in total. The van der Waals surface area contributed by atoms with Crippen LogP contribution in [0.3, 0.4) is 0 Å². The van der Waals surface area contributed by atoms with Crippen molar-refractivity contribution in [2.75, 3.05) is 19.7 Å². The first kappa shape index (κ1) is 15.8. The van der Waals surface area contributed by atoms with E-state index in [0.717, 1.165) is 24.2 Å². The minimum atomic E-state index is -0.768. The van der Waals surface area contributed by atoms with Crippen LogP contribution >= 0.6 is 0 Å². The predicted octanol–water partition coefficient (Wildman–Crippen LogP) is 1.13. The Morgan fingerprint density at radius 2 is 2.17 bits per heavy atom. The van der Waals surface area contributed by atoms with E-state index in [1.54, 1.807) is 9.58 Å². The number of aryl methyl sites for hydroxylation is 2. The highest BCUT2D eigenvalue weighted by Gasteiger charge is 2.55. The molecule has 0 unspecified atom stereocenters. The van der Waals surface area contributed by atoms with Gasteiger partial charge in [0.25, 0.3) is 5.91 Å². The molecule has 1 amide bonds. The molecule has 1 saturated heterocycles. The zero-order chi connectivity index (χ0) is 16.8. The van der Waals surface area contributed by atoms with E-state index in [-0.39, 0.29) is 18.4 Å². The number of hydrogen-bond acceptors (Lipinski definition) is 4. The highest BCUT2D eigenvalue weighted by Crippen LogP contribution is 2.48. The number of fused-ring (bicyclic) bond motifs is 1. The van der Waals surface area contributed by atoms with E-state index in [0.29, 0.717) is 25.3 Å². The molecule has 2 fully saturated rings. The summed E-state index contributed by atoms with van der Waals surface area (Å²) in [4.78, 5) is 25.7. The Labute approximate surface area is 135 Å². The van der Waals surface area contributed by atoms with Crippen LogP contribution in [0, 0.1) is 25.2 Å². The van der Waals surface area contributed by atoms with Gasteiger partial charge in [-0.25, -0.2) is 0 Å². The summed E-state index contributed by atoms with van der Waals surface area (Å²) in [6.45, 7) is 4.49. The molecule has 1 aliphatic heterocycles. The highest BCUT2D eigenvalue weighted by molar-refractivity contribution is 5.82. The van der Waals surface area contributed by atoms with Gasteiger partial charge >= 0.3 is 5.97 Å². The standard InChI is InChI=1S/C16H23N3O4/c1-10-14(11(2)18(3)17-10)23-8-13(20)19-7-12-5-4-6-16(12,9-19)15(21)22/h12H,4-9H2,1-3H3,(H,21,22)/t12-,16+/m0/s1. The average Bonchev–Trinajstić information content (AvgIpc) is 3.10. The predicted molar refractivity (Wildman–Crippen MR) is 82.2 cm³/mol. The van der Waals surface area contributed by atoms with E-state index in [1.807, 2.05) is 20.9 Å². The van der Waals surface area contributed by atoms with E-state index in [9.17, 15) is 14.7 Å². The van der Waals surface area contributed by atoms with E-state index in [2.05, 4.69) is 5.10 Å². The molecule has 2 heterocycles. The summed E-state index contributed by atoms with van der Waals surface area (Å²) in [5.74, 6) is -0.211. The fraction of sp³-hybridized carbons (Fsp3) is 0.688. The minimum absolute atomic E-state index is 0.0736. The molecule has 1 aromatic rings. The summed E-state index contributed by atoms with van der Waals surface area (Å²) in [6.07, 6.45) is 2.49. The van der Waals surface area contributed by atoms with Crippen LogP contribution in [0.1, 0.15) is 30.7 Å². The lowest BCUT2D eigenvalue weighted by atomic mass is 9.81. The van der Waals surface area contributed by atoms with E-state index < -0.39 is 11.4 Å². The van der Waals surface area contributed by atoms with Crippen molar-refractivity contribution in [3.8, 4) is 5.75 Å². The summed E-state index contributed by atoms with van der Waals surface area (Å²) >= 11 is 0. The number of ether oxygens (including phenoxy) is 1. The van der Waals surface area contributed by atoms with Crippen molar-refractivity contribution in [1.29, 1.82) is 0 Å². The lowest BCUT2D eigenvalue weighted by Crippen LogP contribution is -2.38. The lowest BCUT2D eigenvalue weighted by Gasteiger charge is -2.23. The smallest absolute Gasteiger partial charge is 0.311 e. The summed E-state index contributed by atoms with van der Waals surface area (Å²) in [5.41, 5.74) is 0.879. The zero-order valence-corrected chi connectivity index (χ0v) is 13.8. The van der Waals surface area contributed by atoms with Crippen LogP contribution in [-0.4, -0.2) is 51.4 Å². The molecular weight excluding hydrogens is 298 g/mol. The molecule has 126 valence electrons. The molecule has 23 heavy (non-hydrogen) atoms. The summed E-state index contributed by atoms with van der Waals surface area (Å²) in [7, 11) is 1.83. The van der Waals surface area contributed by atoms with Gasteiger partial charge in [-0.1, -0.05) is 6.42 Å². The molecule has 2 aliphatic rings. The second-order valence-corrected chi connectivity index (χ2v) is 6.74. The Bertz CT molecular complexity index is 654. The molecule has 1 saturated carbocycles. The summed E-state index contributed by atoms with van der Waals surface area (Å²) < 4.78 is 7.37. The maximum atomic E-state index is 12.4. The molecule has 2 atom stereocenters. The van der Waals surface area contributed by atoms with Crippen molar-refractivity contribution in [3.05, 3.63) is 11.4 Å². The number of hydrogen-bond donors (Lipinski definition) is 1. The summed E-state index contributed by atoms with van der Waals surface area (Å²) in [6, 6.07) is 0. The van der Waals surface area contributed by atoms with Gasteiger partial charge in [-0.2, -0.15) is 5.10 Å². The number of nitrogens with zero attached hydrogens (tertiary/aromatic N) is 3. The fourth-order valence-corrected chi connectivity index (χ4v) is 4.02. The van der Waals surface area contributed by atoms with Crippen LogP contribution in [0.4, 0.5) is 0 Å². The van der Waals surface area contributed by atoms with Gasteiger partial charge in [0.2, 0.25) is 0 Å². The van der Waals surface area contributed by atoms with Crippen LogP contribution in [0.2, 0.25) is 0 Å². The minimum Gasteiger partial charge on any atom is -0.481 e. The van der Waals surface area contributed by atoms with Gasteiger partial charge in [0.05, 0.1) is 11.1 Å². The van der Waals surface area contributed by atoms with Crippen molar-refractivity contribution in [2.24, 2.45) is 18.4 Å².